The predicted octanol–water partition coefficient (Wildman–Crippen LogP) is 4.89. The topological polar surface area (TPSA) is 35.9 Å². The minimum absolute atomic E-state index is 0.0780. The molecule has 0 aliphatic rings. The molecule has 0 aliphatic carbocycles. The third-order valence-electron chi connectivity index (χ3n) is 4.37. The number of anilines is 1. The monoisotopic (exact) mass is 371 g/mol. The first-order valence-corrected chi connectivity index (χ1v) is 9.05. The van der Waals surface area contributed by atoms with Crippen LogP contribution in [0.5, 0.6) is 0 Å². The van der Waals surface area contributed by atoms with Crippen molar-refractivity contribution in [3.05, 3.63) is 58.1 Å². The summed E-state index contributed by atoms with van der Waals surface area (Å²) in [6.07, 6.45) is 1.82. The summed E-state index contributed by atoms with van der Waals surface area (Å²) in [5, 5.41) is 0.660. The number of benzene rings is 2. The van der Waals surface area contributed by atoms with Crippen molar-refractivity contribution in [2.45, 2.75) is 20.8 Å². The number of hydrogen-bond acceptors (Lipinski definition) is 3. The van der Waals surface area contributed by atoms with Gasteiger partial charge in [0.05, 0.1) is 18.6 Å². The molecule has 138 valence electrons. The van der Waals surface area contributed by atoms with Gasteiger partial charge in [0.2, 0.25) is 0 Å². The van der Waals surface area contributed by atoms with Crippen molar-refractivity contribution in [1.29, 1.82) is 0 Å². The average molecular weight is 372 g/mol. The average Bonchev–Trinajstić information content (AvgIpc) is 2.61. The number of ketones is 1. The Kier molecular flexibility index (Phi) is 6.81. The van der Waals surface area contributed by atoms with E-state index >= 15 is 0 Å². The smallest absolute Gasteiger partial charge is 0.182 e. The van der Waals surface area contributed by atoms with Crippen LogP contribution in [-0.4, -0.2) is 44.2 Å². The molecule has 0 saturated heterocycles. The molecule has 0 N–H and O–H groups in total. The maximum atomic E-state index is 12.8. The van der Waals surface area contributed by atoms with E-state index in [2.05, 4.69) is 11.9 Å². The number of carbonyl (C=O) groups excluding carboxylic acids is 1. The summed E-state index contributed by atoms with van der Waals surface area (Å²) in [4.78, 5) is 21.2. The molecule has 0 unspecified atom stereocenters. The van der Waals surface area contributed by atoms with Crippen molar-refractivity contribution >= 4 is 35.1 Å². The fourth-order valence-corrected chi connectivity index (χ4v) is 2.77. The third-order valence-corrected chi connectivity index (χ3v) is 4.60. The maximum absolute atomic E-state index is 12.8. The molecule has 5 heteroatoms. The number of likely N-dealkylation sites (N-methyl/N-ethyl adjacent to an activating group) is 1. The van der Waals surface area contributed by atoms with Gasteiger partial charge in [-0.05, 0) is 62.2 Å². The van der Waals surface area contributed by atoms with Crippen LogP contribution in [0.15, 0.2) is 41.4 Å². The van der Waals surface area contributed by atoms with Crippen molar-refractivity contribution in [3.63, 3.8) is 0 Å². The highest BCUT2D eigenvalue weighted by Gasteiger charge is 2.14. The van der Waals surface area contributed by atoms with E-state index in [1.165, 1.54) is 0 Å². The summed E-state index contributed by atoms with van der Waals surface area (Å²) in [5.41, 5.74) is 4.47. The lowest BCUT2D eigenvalue weighted by atomic mass is 10.00. The van der Waals surface area contributed by atoms with Gasteiger partial charge in [0.15, 0.2) is 5.78 Å². The highest BCUT2D eigenvalue weighted by molar-refractivity contribution is 6.30. The van der Waals surface area contributed by atoms with E-state index in [0.29, 0.717) is 11.6 Å². The van der Waals surface area contributed by atoms with Crippen molar-refractivity contribution in [2.24, 2.45) is 4.99 Å². The highest BCUT2D eigenvalue weighted by atomic mass is 35.5. The number of hydrogen-bond donors (Lipinski definition) is 0. The Balaban J connectivity index is 2.19. The second-order valence-corrected chi connectivity index (χ2v) is 6.97. The first-order chi connectivity index (χ1) is 12.3. The second kappa shape index (κ2) is 8.86. The SMILES string of the molecule is CCN(C)C=Nc1cc(C)c(C(=O)CN(C)c2cccc(Cl)c2)cc1C. The summed E-state index contributed by atoms with van der Waals surface area (Å²) in [5.74, 6) is 0.0780. The molecule has 0 aromatic heterocycles. The normalized spacial score (nSPS) is 11.0. The number of nitrogens with zero attached hydrogens (tertiary/aromatic N) is 3. The van der Waals surface area contributed by atoms with Gasteiger partial charge in [0.25, 0.3) is 0 Å². The van der Waals surface area contributed by atoms with Crippen LogP contribution in [-0.2, 0) is 0 Å². The molecule has 0 heterocycles. The Labute approximate surface area is 161 Å². The van der Waals surface area contributed by atoms with Crippen LogP contribution in [0, 0.1) is 13.8 Å². The number of halogens is 1. The molecule has 0 aliphatic heterocycles. The van der Waals surface area contributed by atoms with Crippen LogP contribution in [0.4, 0.5) is 11.4 Å². The molecule has 0 amide bonds. The summed E-state index contributed by atoms with van der Waals surface area (Å²) >= 11 is 6.04. The van der Waals surface area contributed by atoms with Crippen molar-refractivity contribution in [3.8, 4) is 0 Å². The number of rotatable bonds is 7. The van der Waals surface area contributed by atoms with E-state index in [-0.39, 0.29) is 5.78 Å². The third kappa shape index (κ3) is 5.09. The Morgan fingerprint density at radius 2 is 1.88 bits per heavy atom. The van der Waals surface area contributed by atoms with E-state index in [4.69, 9.17) is 11.6 Å². The van der Waals surface area contributed by atoms with Gasteiger partial charge in [-0.3, -0.25) is 4.79 Å². The molecule has 2 rings (SSSR count). The molecule has 2 aromatic carbocycles. The summed E-state index contributed by atoms with van der Waals surface area (Å²) < 4.78 is 0. The largest absolute Gasteiger partial charge is 0.367 e. The molecule has 2 aromatic rings. The summed E-state index contributed by atoms with van der Waals surface area (Å²) in [7, 11) is 3.88. The van der Waals surface area contributed by atoms with Gasteiger partial charge in [0.1, 0.15) is 0 Å². The van der Waals surface area contributed by atoms with Crippen molar-refractivity contribution in [2.75, 3.05) is 32.1 Å². The number of aryl methyl sites for hydroxylation is 2. The van der Waals surface area contributed by atoms with Crippen LogP contribution >= 0.6 is 11.6 Å². The van der Waals surface area contributed by atoms with Gasteiger partial charge < -0.3 is 9.80 Å². The van der Waals surface area contributed by atoms with Crippen LogP contribution in [0.25, 0.3) is 0 Å². The second-order valence-electron chi connectivity index (χ2n) is 6.53. The van der Waals surface area contributed by atoms with Gasteiger partial charge in [-0.1, -0.05) is 17.7 Å². The number of carbonyl (C=O) groups is 1. The van der Waals surface area contributed by atoms with Crippen LogP contribution < -0.4 is 4.90 Å². The van der Waals surface area contributed by atoms with E-state index in [1.54, 1.807) is 0 Å². The molecule has 4 nitrogen and oxygen atoms in total. The van der Waals surface area contributed by atoms with E-state index in [1.807, 2.05) is 80.5 Å². The zero-order chi connectivity index (χ0) is 19.3. The lowest BCUT2D eigenvalue weighted by molar-refractivity contribution is 0.0999. The quantitative estimate of drug-likeness (QED) is 0.395. The Bertz CT molecular complexity index is 817. The standard InChI is InChI=1S/C21H26ClN3O/c1-6-24(4)14-23-20-11-15(2)19(10-16(20)3)21(26)13-25(5)18-9-7-8-17(22)12-18/h7-12,14H,6,13H2,1-5H3. The van der Waals surface area contributed by atoms with E-state index < -0.39 is 0 Å². The Hall–Kier alpha value is -2.33. The molecular formula is C21H26ClN3O. The zero-order valence-electron chi connectivity index (χ0n) is 16.1. The minimum atomic E-state index is 0.0780. The number of aliphatic imine (C=N–C) groups is 1. The molecule has 0 spiro atoms. The molecule has 0 fully saturated rings. The first kappa shape index (κ1) is 20.0. The Morgan fingerprint density at radius 1 is 1.15 bits per heavy atom. The van der Waals surface area contributed by atoms with Crippen molar-refractivity contribution < 1.29 is 4.79 Å². The first-order valence-electron chi connectivity index (χ1n) is 8.67. The van der Waals surface area contributed by atoms with Gasteiger partial charge in [-0.15, -0.1) is 0 Å². The fraction of sp³-hybridized carbons (Fsp3) is 0.333. The van der Waals surface area contributed by atoms with E-state index in [9.17, 15) is 4.79 Å². The molecule has 0 saturated carbocycles. The number of Topliss-reactive ketones (excluding diaryl/α,β-unsaturated/α-hetero) is 1. The summed E-state index contributed by atoms with van der Waals surface area (Å²) in [6, 6.07) is 11.4. The van der Waals surface area contributed by atoms with Crippen molar-refractivity contribution in [1.82, 2.24) is 4.90 Å². The Morgan fingerprint density at radius 3 is 2.54 bits per heavy atom. The van der Waals surface area contributed by atoms with Crippen LogP contribution in [0.2, 0.25) is 5.02 Å². The van der Waals surface area contributed by atoms with E-state index in [0.717, 1.165) is 34.6 Å². The molecule has 0 atom stereocenters. The zero-order valence-corrected chi connectivity index (χ0v) is 16.8. The molecule has 26 heavy (non-hydrogen) atoms. The lowest BCUT2D eigenvalue weighted by Crippen LogP contribution is -2.26. The van der Waals surface area contributed by atoms with Gasteiger partial charge in [-0.2, -0.15) is 0 Å². The molecule has 0 bridgehead atoms. The van der Waals surface area contributed by atoms with Crippen LogP contribution in [0.1, 0.15) is 28.4 Å². The fourth-order valence-electron chi connectivity index (χ4n) is 2.59. The van der Waals surface area contributed by atoms with Gasteiger partial charge in [0, 0.05) is 36.9 Å². The van der Waals surface area contributed by atoms with Crippen LogP contribution in [0.3, 0.4) is 0 Å². The minimum Gasteiger partial charge on any atom is -0.367 e. The predicted molar refractivity (Wildman–Crippen MR) is 111 cm³/mol. The van der Waals surface area contributed by atoms with Gasteiger partial charge >= 0.3 is 0 Å². The lowest BCUT2D eigenvalue weighted by Gasteiger charge is -2.19. The highest BCUT2D eigenvalue weighted by Crippen LogP contribution is 2.24. The molecule has 0 radical (unpaired) electrons. The summed E-state index contributed by atoms with van der Waals surface area (Å²) in [6.45, 7) is 7.20. The van der Waals surface area contributed by atoms with Gasteiger partial charge in [-0.25, -0.2) is 4.99 Å². The molecular weight excluding hydrogens is 346 g/mol. The maximum Gasteiger partial charge on any atom is 0.182 e.